The Morgan fingerprint density at radius 2 is 2.18 bits per heavy atom. The largest absolute Gasteiger partial charge is 0.762 e. The molecule has 1 saturated heterocycles. The summed E-state index contributed by atoms with van der Waals surface area (Å²) in [7, 11) is 0. The maximum Gasteiger partial charge on any atom is 0.0645 e. The molecule has 2 rings (SSSR count). The second kappa shape index (κ2) is 6.12. The summed E-state index contributed by atoms with van der Waals surface area (Å²) in [6, 6.07) is 10.0. The van der Waals surface area contributed by atoms with Crippen LogP contribution in [0.3, 0.4) is 0 Å². The molecule has 1 heterocycles. The molecule has 0 aromatic heterocycles. The van der Waals surface area contributed by atoms with Gasteiger partial charge in [0.05, 0.1) is 6.61 Å². The molecule has 2 atom stereocenters. The van der Waals surface area contributed by atoms with Crippen LogP contribution in [0.1, 0.15) is 31.4 Å². The first kappa shape index (κ1) is 12.5. The molecule has 17 heavy (non-hydrogen) atoms. The minimum atomic E-state index is -0.133. The molecule has 1 N–H and O–H groups in total. The van der Waals surface area contributed by atoms with Gasteiger partial charge in [-0.2, -0.15) is 0 Å². The summed E-state index contributed by atoms with van der Waals surface area (Å²) in [5, 5.41) is 16.0. The lowest BCUT2D eigenvalue weighted by Gasteiger charge is -2.43. The molecule has 1 unspecified atom stereocenters. The minimum absolute atomic E-state index is 0.0639. The standard InChI is InChI=1S/C13H19N2O2/c1-2-17-15(16)12-9-6-10-14-13(12)11-7-4-3-5-8-11/h3-5,7-8,12-14H,2,6,9-10H2,1H3/q-1/t12?,13-/m0/s1. The highest BCUT2D eigenvalue weighted by molar-refractivity contribution is 5.21. The van der Waals surface area contributed by atoms with Gasteiger partial charge in [-0.3, -0.25) is 5.23 Å². The number of hydroxylamine groups is 2. The molecular formula is C13H19N2O2-. The van der Waals surface area contributed by atoms with Crippen molar-refractivity contribution in [2.45, 2.75) is 31.8 Å². The van der Waals surface area contributed by atoms with Crippen molar-refractivity contribution in [1.82, 2.24) is 10.5 Å². The monoisotopic (exact) mass is 235 g/mol. The lowest BCUT2D eigenvalue weighted by Crippen LogP contribution is -2.46. The number of rotatable bonds is 4. The van der Waals surface area contributed by atoms with Crippen molar-refractivity contribution in [3.05, 3.63) is 41.1 Å². The molecule has 0 aliphatic carbocycles. The molecule has 0 radical (unpaired) electrons. The fourth-order valence-corrected chi connectivity index (χ4v) is 2.32. The number of piperidine rings is 1. The van der Waals surface area contributed by atoms with E-state index in [2.05, 4.69) is 17.4 Å². The summed E-state index contributed by atoms with van der Waals surface area (Å²) in [5.74, 6) is 0. The van der Waals surface area contributed by atoms with Gasteiger partial charge in [0.15, 0.2) is 0 Å². The number of hydrogen-bond acceptors (Lipinski definition) is 4. The van der Waals surface area contributed by atoms with Crippen LogP contribution in [0.25, 0.3) is 0 Å². The number of nitrogens with zero attached hydrogens (tertiary/aromatic N) is 1. The van der Waals surface area contributed by atoms with E-state index >= 15 is 0 Å². The van der Waals surface area contributed by atoms with Crippen molar-refractivity contribution < 1.29 is 4.84 Å². The van der Waals surface area contributed by atoms with Gasteiger partial charge in [0.2, 0.25) is 0 Å². The molecule has 0 spiro atoms. The zero-order chi connectivity index (χ0) is 12.1. The molecule has 1 aromatic rings. The SMILES string of the molecule is CCON([O-])C1CCCN[C@H]1c1ccccc1. The second-order valence-electron chi connectivity index (χ2n) is 4.26. The molecule has 94 valence electrons. The van der Waals surface area contributed by atoms with E-state index in [9.17, 15) is 5.21 Å². The zero-order valence-electron chi connectivity index (χ0n) is 10.1. The first-order valence-electron chi connectivity index (χ1n) is 6.20. The van der Waals surface area contributed by atoms with E-state index in [-0.39, 0.29) is 12.1 Å². The van der Waals surface area contributed by atoms with Crippen molar-refractivity contribution in [3.8, 4) is 0 Å². The molecule has 1 aliphatic heterocycles. The van der Waals surface area contributed by atoms with Crippen molar-refractivity contribution >= 4 is 0 Å². The Balaban J connectivity index is 2.12. The third-order valence-corrected chi connectivity index (χ3v) is 3.11. The highest BCUT2D eigenvalue weighted by Gasteiger charge is 2.27. The van der Waals surface area contributed by atoms with Crippen molar-refractivity contribution in [1.29, 1.82) is 0 Å². The van der Waals surface area contributed by atoms with E-state index in [0.29, 0.717) is 6.61 Å². The summed E-state index contributed by atoms with van der Waals surface area (Å²) >= 11 is 0. The smallest absolute Gasteiger partial charge is 0.0645 e. The van der Waals surface area contributed by atoms with E-state index < -0.39 is 0 Å². The number of benzene rings is 1. The van der Waals surface area contributed by atoms with Gasteiger partial charge in [0.25, 0.3) is 0 Å². The Morgan fingerprint density at radius 3 is 2.88 bits per heavy atom. The Morgan fingerprint density at radius 1 is 1.41 bits per heavy atom. The quantitative estimate of drug-likeness (QED) is 0.813. The van der Waals surface area contributed by atoms with Gasteiger partial charge >= 0.3 is 0 Å². The second-order valence-corrected chi connectivity index (χ2v) is 4.26. The molecule has 4 nitrogen and oxygen atoms in total. The van der Waals surface area contributed by atoms with Crippen LogP contribution in [-0.4, -0.2) is 24.4 Å². The Kier molecular flexibility index (Phi) is 4.50. The highest BCUT2D eigenvalue weighted by Crippen LogP contribution is 2.27. The van der Waals surface area contributed by atoms with E-state index in [0.717, 1.165) is 30.2 Å². The lowest BCUT2D eigenvalue weighted by molar-refractivity contribution is -0.156. The minimum Gasteiger partial charge on any atom is -0.762 e. The average Bonchev–Trinajstić information content (AvgIpc) is 2.40. The predicted octanol–water partition coefficient (Wildman–Crippen LogP) is 2.23. The molecule has 0 amide bonds. The summed E-state index contributed by atoms with van der Waals surface area (Å²) in [6.07, 6.45) is 1.88. The zero-order valence-corrected chi connectivity index (χ0v) is 10.1. The van der Waals surface area contributed by atoms with Crippen LogP contribution in [0.5, 0.6) is 0 Å². The molecule has 1 aromatic carbocycles. The summed E-state index contributed by atoms with van der Waals surface area (Å²) in [4.78, 5) is 5.07. The van der Waals surface area contributed by atoms with Gasteiger partial charge < -0.3 is 15.4 Å². The molecule has 0 saturated carbocycles. The van der Waals surface area contributed by atoms with Crippen molar-refractivity contribution in [2.75, 3.05) is 13.2 Å². The first-order chi connectivity index (χ1) is 8.33. The summed E-state index contributed by atoms with van der Waals surface area (Å²) in [5.41, 5.74) is 1.15. The van der Waals surface area contributed by atoms with E-state index in [1.165, 1.54) is 0 Å². The number of hydrogen-bond donors (Lipinski definition) is 1. The molecule has 1 fully saturated rings. The number of nitrogens with one attached hydrogen (secondary N) is 1. The first-order valence-corrected chi connectivity index (χ1v) is 6.20. The summed E-state index contributed by atoms with van der Waals surface area (Å²) < 4.78 is 0. The molecule has 4 heteroatoms. The predicted molar refractivity (Wildman–Crippen MR) is 67.0 cm³/mol. The Bertz CT molecular complexity index is 331. The lowest BCUT2D eigenvalue weighted by atomic mass is 9.93. The van der Waals surface area contributed by atoms with Crippen LogP contribution in [0.15, 0.2) is 30.3 Å². The topological polar surface area (TPSA) is 47.6 Å². The van der Waals surface area contributed by atoms with Gasteiger partial charge in [0.1, 0.15) is 0 Å². The molecular weight excluding hydrogens is 216 g/mol. The Labute approximate surface area is 102 Å². The van der Waals surface area contributed by atoms with Gasteiger partial charge in [-0.05, 0) is 31.9 Å². The van der Waals surface area contributed by atoms with Crippen molar-refractivity contribution in [2.24, 2.45) is 0 Å². The van der Waals surface area contributed by atoms with Crippen LogP contribution in [0.2, 0.25) is 0 Å². The average molecular weight is 235 g/mol. The Hall–Kier alpha value is -0.940. The van der Waals surface area contributed by atoms with E-state index in [1.54, 1.807) is 0 Å². The molecule has 1 aliphatic rings. The van der Waals surface area contributed by atoms with Crippen molar-refractivity contribution in [3.63, 3.8) is 0 Å². The van der Waals surface area contributed by atoms with Gasteiger partial charge in [-0.15, -0.1) is 0 Å². The van der Waals surface area contributed by atoms with Gasteiger partial charge in [-0.1, -0.05) is 30.3 Å². The maximum absolute atomic E-state index is 11.8. The normalized spacial score (nSPS) is 25.1. The van der Waals surface area contributed by atoms with E-state index in [4.69, 9.17) is 4.84 Å². The fourth-order valence-electron chi connectivity index (χ4n) is 2.32. The van der Waals surface area contributed by atoms with E-state index in [1.807, 2.05) is 25.1 Å². The highest BCUT2D eigenvalue weighted by atomic mass is 16.9. The fraction of sp³-hybridized carbons (Fsp3) is 0.538. The van der Waals surface area contributed by atoms with Crippen LogP contribution in [0, 0.1) is 5.21 Å². The maximum atomic E-state index is 11.8. The van der Waals surface area contributed by atoms with Gasteiger partial charge in [0, 0.05) is 12.1 Å². The third kappa shape index (κ3) is 3.04. The third-order valence-electron chi connectivity index (χ3n) is 3.11. The van der Waals surface area contributed by atoms with Crippen LogP contribution < -0.4 is 5.32 Å². The van der Waals surface area contributed by atoms with Crippen LogP contribution in [0.4, 0.5) is 0 Å². The summed E-state index contributed by atoms with van der Waals surface area (Å²) in [6.45, 7) is 3.20. The van der Waals surface area contributed by atoms with Crippen LogP contribution in [-0.2, 0) is 4.84 Å². The van der Waals surface area contributed by atoms with Crippen LogP contribution >= 0.6 is 0 Å². The van der Waals surface area contributed by atoms with Gasteiger partial charge in [-0.25, -0.2) is 0 Å². The molecule has 0 bridgehead atoms.